The number of carbonyl (C=O) groups is 1. The summed E-state index contributed by atoms with van der Waals surface area (Å²) in [4.78, 5) is 19.1. The largest absolute Gasteiger partial charge is 0.334 e. The van der Waals surface area contributed by atoms with Crippen LogP contribution in [0.15, 0.2) is 58.8 Å². The van der Waals surface area contributed by atoms with E-state index in [4.69, 9.17) is 16.1 Å². The normalized spacial score (nSPS) is 16.7. The molecule has 0 bridgehead atoms. The van der Waals surface area contributed by atoms with E-state index in [1.165, 1.54) is 0 Å². The summed E-state index contributed by atoms with van der Waals surface area (Å²) >= 11 is 6.22. The lowest BCUT2D eigenvalue weighted by Gasteiger charge is -2.35. The second-order valence-electron chi connectivity index (χ2n) is 7.38. The number of nitrogens with one attached hydrogen (secondary N) is 1. The van der Waals surface area contributed by atoms with E-state index in [9.17, 15) is 4.79 Å². The molecule has 6 nitrogen and oxygen atoms in total. The number of hydrogen-bond acceptors (Lipinski definition) is 4. The second-order valence-corrected chi connectivity index (χ2v) is 7.81. The van der Waals surface area contributed by atoms with E-state index in [0.717, 1.165) is 34.4 Å². The Kier molecular flexibility index (Phi) is 5.59. The van der Waals surface area contributed by atoms with E-state index in [1.807, 2.05) is 63.2 Å². The molecule has 0 radical (unpaired) electrons. The topological polar surface area (TPSA) is 71.3 Å². The minimum Gasteiger partial charge on any atom is -0.334 e. The number of carbonyl (C=O) groups excluding carboxylic acids is 1. The van der Waals surface area contributed by atoms with Crippen LogP contribution in [-0.2, 0) is 0 Å². The molecule has 0 aliphatic carbocycles. The van der Waals surface area contributed by atoms with Gasteiger partial charge in [0.1, 0.15) is 0 Å². The molecule has 1 unspecified atom stereocenters. The molecule has 4 rings (SSSR count). The lowest BCUT2D eigenvalue weighted by Crippen LogP contribution is -2.46. The van der Waals surface area contributed by atoms with Crippen LogP contribution in [0, 0.1) is 6.92 Å². The molecule has 2 aromatic carbocycles. The number of allylic oxidation sites excluding steroid dienone is 1. The first-order valence-electron chi connectivity index (χ1n) is 9.93. The van der Waals surface area contributed by atoms with Crippen molar-refractivity contribution in [1.29, 1.82) is 0 Å². The third-order valence-corrected chi connectivity index (χ3v) is 5.43. The van der Waals surface area contributed by atoms with Gasteiger partial charge in [-0.15, -0.1) is 0 Å². The van der Waals surface area contributed by atoms with Gasteiger partial charge in [0.15, 0.2) is 0 Å². The van der Waals surface area contributed by atoms with Gasteiger partial charge in [0.05, 0.1) is 11.6 Å². The zero-order valence-electron chi connectivity index (χ0n) is 17.1. The molecule has 1 aromatic heterocycles. The van der Waals surface area contributed by atoms with Crippen LogP contribution < -0.4 is 5.32 Å². The molecule has 0 spiro atoms. The van der Waals surface area contributed by atoms with E-state index in [1.54, 1.807) is 11.0 Å². The van der Waals surface area contributed by atoms with E-state index in [2.05, 4.69) is 15.5 Å². The maximum Gasteiger partial charge on any atom is 0.322 e. The van der Waals surface area contributed by atoms with Gasteiger partial charge in [-0.2, -0.15) is 4.98 Å². The SMILES string of the molecule is CCCN1C(=O)NC(c2cccc(Cl)c2)C(c2nc(-c3ccc(C)cc3)no2)=C1C. The molecule has 0 saturated heterocycles. The fourth-order valence-electron chi connectivity index (χ4n) is 3.64. The summed E-state index contributed by atoms with van der Waals surface area (Å²) in [5.74, 6) is 0.892. The number of aromatic nitrogens is 2. The van der Waals surface area contributed by atoms with Crippen LogP contribution in [0.25, 0.3) is 17.0 Å². The molecule has 0 saturated carbocycles. The highest BCUT2D eigenvalue weighted by Crippen LogP contribution is 2.37. The Hall–Kier alpha value is -3.12. The number of aryl methyl sites for hydroxylation is 1. The van der Waals surface area contributed by atoms with Crippen molar-refractivity contribution in [2.24, 2.45) is 0 Å². The lowest BCUT2D eigenvalue weighted by atomic mass is 9.94. The van der Waals surface area contributed by atoms with Gasteiger partial charge in [0.25, 0.3) is 5.89 Å². The van der Waals surface area contributed by atoms with Crippen LogP contribution in [0.4, 0.5) is 4.79 Å². The van der Waals surface area contributed by atoms with Gasteiger partial charge >= 0.3 is 6.03 Å². The number of benzene rings is 2. The van der Waals surface area contributed by atoms with E-state index in [0.29, 0.717) is 23.3 Å². The van der Waals surface area contributed by atoms with Crippen LogP contribution in [-0.4, -0.2) is 27.6 Å². The molecule has 30 heavy (non-hydrogen) atoms. The molecule has 2 heterocycles. The van der Waals surface area contributed by atoms with Gasteiger partial charge in [0.2, 0.25) is 5.82 Å². The van der Waals surface area contributed by atoms with Gasteiger partial charge in [-0.05, 0) is 38.0 Å². The average Bonchev–Trinajstić information content (AvgIpc) is 3.21. The van der Waals surface area contributed by atoms with Crippen molar-refractivity contribution in [2.45, 2.75) is 33.2 Å². The summed E-state index contributed by atoms with van der Waals surface area (Å²) in [6, 6.07) is 14.8. The van der Waals surface area contributed by atoms with Crippen molar-refractivity contribution in [3.05, 3.63) is 76.3 Å². The molecule has 154 valence electrons. The zero-order valence-corrected chi connectivity index (χ0v) is 17.9. The molecule has 1 N–H and O–H groups in total. The van der Waals surface area contributed by atoms with Crippen molar-refractivity contribution in [1.82, 2.24) is 20.4 Å². The highest BCUT2D eigenvalue weighted by atomic mass is 35.5. The van der Waals surface area contributed by atoms with E-state index in [-0.39, 0.29) is 6.03 Å². The molecule has 1 aliphatic rings. The maximum atomic E-state index is 12.8. The quantitative estimate of drug-likeness (QED) is 0.580. The van der Waals surface area contributed by atoms with Crippen LogP contribution in [0.5, 0.6) is 0 Å². The van der Waals surface area contributed by atoms with Crippen molar-refractivity contribution >= 4 is 23.2 Å². The van der Waals surface area contributed by atoms with Crippen molar-refractivity contribution in [2.75, 3.05) is 6.54 Å². The Morgan fingerprint density at radius 2 is 1.93 bits per heavy atom. The van der Waals surface area contributed by atoms with Crippen LogP contribution in [0.1, 0.15) is 43.3 Å². The summed E-state index contributed by atoms with van der Waals surface area (Å²) in [5.41, 5.74) is 4.46. The van der Waals surface area contributed by atoms with Crippen molar-refractivity contribution in [3.8, 4) is 11.4 Å². The Bertz CT molecular complexity index is 1100. The molecule has 0 fully saturated rings. The number of hydrogen-bond donors (Lipinski definition) is 1. The van der Waals surface area contributed by atoms with Crippen LogP contribution in [0.2, 0.25) is 5.02 Å². The van der Waals surface area contributed by atoms with Gasteiger partial charge in [-0.25, -0.2) is 4.79 Å². The maximum absolute atomic E-state index is 12.8. The van der Waals surface area contributed by atoms with E-state index < -0.39 is 6.04 Å². The number of amides is 2. The Labute approximate surface area is 180 Å². The number of urea groups is 1. The minimum atomic E-state index is -0.435. The highest BCUT2D eigenvalue weighted by molar-refractivity contribution is 6.30. The first kappa shape index (κ1) is 20.2. The molecule has 3 aromatic rings. The number of rotatable bonds is 5. The highest BCUT2D eigenvalue weighted by Gasteiger charge is 2.35. The monoisotopic (exact) mass is 422 g/mol. The predicted octanol–water partition coefficient (Wildman–Crippen LogP) is 5.61. The molecular weight excluding hydrogens is 400 g/mol. The first-order valence-corrected chi connectivity index (χ1v) is 10.3. The summed E-state index contributed by atoms with van der Waals surface area (Å²) in [5, 5.41) is 7.85. The summed E-state index contributed by atoms with van der Waals surface area (Å²) < 4.78 is 5.67. The van der Waals surface area contributed by atoms with Gasteiger partial charge in [0, 0.05) is 22.8 Å². The van der Waals surface area contributed by atoms with Gasteiger partial charge in [-0.1, -0.05) is 65.6 Å². The van der Waals surface area contributed by atoms with Crippen LogP contribution >= 0.6 is 11.6 Å². The fourth-order valence-corrected chi connectivity index (χ4v) is 3.84. The average molecular weight is 423 g/mol. The van der Waals surface area contributed by atoms with Crippen molar-refractivity contribution < 1.29 is 9.32 Å². The first-order chi connectivity index (χ1) is 14.5. The number of halogens is 1. The molecular formula is C23H23ClN4O2. The minimum absolute atomic E-state index is 0.152. The van der Waals surface area contributed by atoms with E-state index >= 15 is 0 Å². The molecule has 1 aliphatic heterocycles. The summed E-state index contributed by atoms with van der Waals surface area (Å²) in [6.45, 7) is 6.58. The Balaban J connectivity index is 1.81. The standard InChI is InChI=1S/C23H23ClN4O2/c1-4-12-28-15(3)19(20(25-23(28)29)17-6-5-7-18(24)13-17)22-26-21(27-30-22)16-10-8-14(2)9-11-16/h5-11,13,20H,4,12H2,1-3H3,(H,25,29). The summed E-state index contributed by atoms with van der Waals surface area (Å²) in [6.07, 6.45) is 0.832. The second kappa shape index (κ2) is 8.32. The third-order valence-electron chi connectivity index (χ3n) is 5.19. The van der Waals surface area contributed by atoms with Crippen molar-refractivity contribution in [3.63, 3.8) is 0 Å². The summed E-state index contributed by atoms with van der Waals surface area (Å²) in [7, 11) is 0. The Morgan fingerprint density at radius 1 is 1.17 bits per heavy atom. The Morgan fingerprint density at radius 3 is 2.63 bits per heavy atom. The predicted molar refractivity (Wildman–Crippen MR) is 117 cm³/mol. The third kappa shape index (κ3) is 3.83. The smallest absolute Gasteiger partial charge is 0.322 e. The van der Waals surface area contributed by atoms with Crippen LogP contribution in [0.3, 0.4) is 0 Å². The van der Waals surface area contributed by atoms with Gasteiger partial charge < -0.3 is 9.84 Å². The van der Waals surface area contributed by atoms with Gasteiger partial charge in [-0.3, -0.25) is 4.90 Å². The molecule has 2 amide bonds. The molecule has 7 heteroatoms. The number of nitrogens with zero attached hydrogens (tertiary/aromatic N) is 3. The fraction of sp³-hybridized carbons (Fsp3) is 0.261. The molecule has 1 atom stereocenters. The zero-order chi connectivity index (χ0) is 21.3. The lowest BCUT2D eigenvalue weighted by molar-refractivity contribution is 0.205.